The Morgan fingerprint density at radius 1 is 1.59 bits per heavy atom. The molecule has 0 spiro atoms. The molecule has 17 heavy (non-hydrogen) atoms. The third-order valence-electron chi connectivity index (χ3n) is 2.48. The molecule has 1 amide bonds. The summed E-state index contributed by atoms with van der Waals surface area (Å²) in [6.45, 7) is 0.402. The molecule has 1 aliphatic rings. The van der Waals surface area contributed by atoms with E-state index in [1.54, 1.807) is 0 Å². The van der Waals surface area contributed by atoms with Crippen LogP contribution >= 0.6 is 0 Å². The van der Waals surface area contributed by atoms with E-state index < -0.39 is 0 Å². The SMILES string of the molecule is Nc1c(NCCC(=O)NC2CC2)nc[nH]c1=O. The lowest BCUT2D eigenvalue weighted by molar-refractivity contribution is -0.120. The molecule has 0 saturated heterocycles. The van der Waals surface area contributed by atoms with Crippen molar-refractivity contribution in [3.05, 3.63) is 16.7 Å². The summed E-state index contributed by atoms with van der Waals surface area (Å²) in [5.41, 5.74) is 5.17. The van der Waals surface area contributed by atoms with E-state index in [-0.39, 0.29) is 17.2 Å². The first kappa shape index (κ1) is 11.4. The van der Waals surface area contributed by atoms with Gasteiger partial charge in [-0.15, -0.1) is 0 Å². The van der Waals surface area contributed by atoms with Crippen LogP contribution in [-0.4, -0.2) is 28.5 Å². The summed E-state index contributed by atoms with van der Waals surface area (Å²) in [5.74, 6) is 0.316. The summed E-state index contributed by atoms with van der Waals surface area (Å²) in [5, 5.41) is 5.73. The number of carbonyl (C=O) groups is 1. The maximum Gasteiger partial charge on any atom is 0.276 e. The van der Waals surface area contributed by atoms with Gasteiger partial charge in [-0.1, -0.05) is 0 Å². The van der Waals surface area contributed by atoms with Gasteiger partial charge in [0.2, 0.25) is 5.91 Å². The van der Waals surface area contributed by atoms with Gasteiger partial charge in [0.05, 0.1) is 6.33 Å². The Labute approximate surface area is 97.8 Å². The fraction of sp³-hybridized carbons (Fsp3) is 0.500. The molecule has 5 N–H and O–H groups in total. The van der Waals surface area contributed by atoms with Gasteiger partial charge < -0.3 is 21.4 Å². The van der Waals surface area contributed by atoms with Crippen LogP contribution in [0.2, 0.25) is 0 Å². The molecule has 92 valence electrons. The number of nitrogens with two attached hydrogens (primary N) is 1. The number of H-pyrrole nitrogens is 1. The fourth-order valence-electron chi connectivity index (χ4n) is 1.37. The average Bonchev–Trinajstić information content (AvgIpc) is 3.08. The lowest BCUT2D eigenvalue weighted by Gasteiger charge is -2.07. The Hall–Kier alpha value is -2.05. The van der Waals surface area contributed by atoms with Gasteiger partial charge in [-0.2, -0.15) is 0 Å². The summed E-state index contributed by atoms with van der Waals surface area (Å²) >= 11 is 0. The predicted octanol–water partition coefficient (Wildman–Crippen LogP) is -0.567. The molecule has 0 radical (unpaired) electrons. The zero-order valence-corrected chi connectivity index (χ0v) is 9.32. The number of rotatable bonds is 5. The van der Waals surface area contributed by atoms with Crippen LogP contribution in [0.25, 0.3) is 0 Å². The monoisotopic (exact) mass is 237 g/mol. The lowest BCUT2D eigenvalue weighted by atomic mass is 10.3. The first-order valence-corrected chi connectivity index (χ1v) is 5.53. The van der Waals surface area contributed by atoms with Gasteiger partial charge >= 0.3 is 0 Å². The number of amides is 1. The number of carbonyl (C=O) groups excluding carboxylic acids is 1. The van der Waals surface area contributed by atoms with Crippen LogP contribution in [0, 0.1) is 0 Å². The summed E-state index contributed by atoms with van der Waals surface area (Å²) < 4.78 is 0. The van der Waals surface area contributed by atoms with E-state index in [1.807, 2.05) is 0 Å². The van der Waals surface area contributed by atoms with E-state index >= 15 is 0 Å². The molecule has 1 aromatic rings. The third kappa shape index (κ3) is 3.20. The second kappa shape index (κ2) is 4.86. The summed E-state index contributed by atoms with van der Waals surface area (Å²) in [7, 11) is 0. The topological polar surface area (TPSA) is 113 Å². The summed E-state index contributed by atoms with van der Waals surface area (Å²) in [6.07, 6.45) is 3.75. The Kier molecular flexibility index (Phi) is 3.27. The standard InChI is InChI=1S/C10H15N5O2/c11-8-9(13-5-14-10(8)17)12-4-3-7(16)15-6-1-2-6/h5-6H,1-4,11H2,(H,15,16)(H2,12,13,14,17). The molecular formula is C10H15N5O2. The van der Waals surface area contributed by atoms with Crippen molar-refractivity contribution in [3.63, 3.8) is 0 Å². The average molecular weight is 237 g/mol. The minimum absolute atomic E-state index is 0.00316. The van der Waals surface area contributed by atoms with E-state index in [2.05, 4.69) is 20.6 Å². The molecule has 1 fully saturated rings. The quantitative estimate of drug-likeness (QED) is 0.548. The Bertz CT molecular complexity index is 466. The van der Waals surface area contributed by atoms with Crippen LogP contribution in [0.4, 0.5) is 11.5 Å². The van der Waals surface area contributed by atoms with Gasteiger partial charge in [-0.05, 0) is 12.8 Å². The van der Waals surface area contributed by atoms with Gasteiger partial charge in [0.15, 0.2) is 5.82 Å². The van der Waals surface area contributed by atoms with Gasteiger partial charge in [-0.25, -0.2) is 4.98 Å². The number of hydrogen-bond acceptors (Lipinski definition) is 5. The minimum atomic E-state index is -0.384. The lowest BCUT2D eigenvalue weighted by Crippen LogP contribution is -2.27. The number of nitrogens with one attached hydrogen (secondary N) is 3. The van der Waals surface area contributed by atoms with E-state index in [4.69, 9.17) is 5.73 Å². The third-order valence-corrected chi connectivity index (χ3v) is 2.48. The van der Waals surface area contributed by atoms with Crippen molar-refractivity contribution in [1.29, 1.82) is 0 Å². The van der Waals surface area contributed by atoms with E-state index in [9.17, 15) is 9.59 Å². The summed E-state index contributed by atoms with van der Waals surface area (Å²) in [4.78, 5) is 28.8. The zero-order chi connectivity index (χ0) is 12.3. The largest absolute Gasteiger partial charge is 0.391 e. The van der Waals surface area contributed by atoms with Crippen LogP contribution in [0.1, 0.15) is 19.3 Å². The number of anilines is 2. The molecule has 1 aliphatic carbocycles. The van der Waals surface area contributed by atoms with Crippen LogP contribution in [0.3, 0.4) is 0 Å². The van der Waals surface area contributed by atoms with E-state index in [0.717, 1.165) is 12.8 Å². The molecule has 0 aromatic carbocycles. The Balaban J connectivity index is 1.79. The van der Waals surface area contributed by atoms with Crippen molar-refractivity contribution in [1.82, 2.24) is 15.3 Å². The Morgan fingerprint density at radius 2 is 2.35 bits per heavy atom. The van der Waals surface area contributed by atoms with Gasteiger partial charge in [0.1, 0.15) is 5.69 Å². The van der Waals surface area contributed by atoms with Crippen LogP contribution in [0.15, 0.2) is 11.1 Å². The van der Waals surface area contributed by atoms with Crippen LogP contribution in [-0.2, 0) is 4.79 Å². The highest BCUT2D eigenvalue weighted by Gasteiger charge is 2.22. The number of aromatic amines is 1. The molecule has 0 bridgehead atoms. The molecule has 1 heterocycles. The van der Waals surface area contributed by atoms with Gasteiger partial charge in [-0.3, -0.25) is 9.59 Å². The molecule has 1 saturated carbocycles. The molecule has 1 aromatic heterocycles. The smallest absolute Gasteiger partial charge is 0.276 e. The minimum Gasteiger partial charge on any atom is -0.391 e. The Morgan fingerprint density at radius 3 is 3.06 bits per heavy atom. The van der Waals surface area contributed by atoms with Gasteiger partial charge in [0.25, 0.3) is 5.56 Å². The van der Waals surface area contributed by atoms with Crippen molar-refractivity contribution >= 4 is 17.4 Å². The number of nitrogen functional groups attached to an aromatic ring is 1. The molecule has 2 rings (SSSR count). The number of nitrogens with zero attached hydrogens (tertiary/aromatic N) is 1. The second-order valence-electron chi connectivity index (χ2n) is 4.01. The summed E-state index contributed by atoms with van der Waals surface area (Å²) in [6, 6.07) is 0.366. The fourth-order valence-corrected chi connectivity index (χ4v) is 1.37. The first-order valence-electron chi connectivity index (χ1n) is 5.53. The molecule has 7 heteroatoms. The zero-order valence-electron chi connectivity index (χ0n) is 9.32. The maximum atomic E-state index is 11.4. The highest BCUT2D eigenvalue weighted by Crippen LogP contribution is 2.18. The van der Waals surface area contributed by atoms with Crippen molar-refractivity contribution in [2.24, 2.45) is 0 Å². The molecular weight excluding hydrogens is 222 g/mol. The molecule has 0 atom stereocenters. The molecule has 0 unspecified atom stereocenters. The van der Waals surface area contributed by atoms with Gasteiger partial charge in [0, 0.05) is 19.0 Å². The predicted molar refractivity (Wildman–Crippen MR) is 63.5 cm³/mol. The second-order valence-corrected chi connectivity index (χ2v) is 4.01. The maximum absolute atomic E-state index is 11.4. The highest BCUT2D eigenvalue weighted by atomic mass is 16.1. The van der Waals surface area contributed by atoms with Crippen molar-refractivity contribution < 1.29 is 4.79 Å². The van der Waals surface area contributed by atoms with Crippen LogP contribution < -0.4 is 21.9 Å². The number of aromatic nitrogens is 2. The molecule has 7 nitrogen and oxygen atoms in total. The first-order chi connectivity index (χ1) is 8.16. The highest BCUT2D eigenvalue weighted by molar-refractivity contribution is 5.77. The van der Waals surface area contributed by atoms with Crippen molar-refractivity contribution in [2.45, 2.75) is 25.3 Å². The van der Waals surface area contributed by atoms with E-state index in [1.165, 1.54) is 6.33 Å². The normalized spacial score (nSPS) is 14.4. The van der Waals surface area contributed by atoms with Crippen molar-refractivity contribution in [3.8, 4) is 0 Å². The van der Waals surface area contributed by atoms with Crippen LogP contribution in [0.5, 0.6) is 0 Å². The molecule has 0 aliphatic heterocycles. The number of hydrogen-bond donors (Lipinski definition) is 4. The van der Waals surface area contributed by atoms with E-state index in [0.29, 0.717) is 24.8 Å². The van der Waals surface area contributed by atoms with Crippen molar-refractivity contribution in [2.75, 3.05) is 17.6 Å².